The Hall–Kier alpha value is -1.34. The number of nitrogens with zero attached hydrogens (tertiary/aromatic N) is 2. The van der Waals surface area contributed by atoms with Gasteiger partial charge in [0, 0.05) is 37.8 Å². The molecule has 1 atom stereocenters. The molecule has 1 spiro atoms. The number of para-hydroxylation sites is 1. The van der Waals surface area contributed by atoms with Crippen molar-refractivity contribution in [3.8, 4) is 0 Å². The van der Waals surface area contributed by atoms with E-state index >= 15 is 0 Å². The number of hydrogen-bond donors (Lipinski definition) is 2. The third-order valence-corrected chi connectivity index (χ3v) is 6.20. The molecule has 1 saturated carbocycles. The van der Waals surface area contributed by atoms with Crippen molar-refractivity contribution in [2.24, 2.45) is 11.3 Å². The number of rotatable bonds is 4. The molecule has 28 heavy (non-hydrogen) atoms. The summed E-state index contributed by atoms with van der Waals surface area (Å²) in [4.78, 5) is 29.1. The molecule has 2 N–H and O–H groups in total. The van der Waals surface area contributed by atoms with E-state index in [1.807, 2.05) is 35.2 Å². The SMILES string of the molecule is Cl.Cl.O=C(CN1CCN(C(=O)C2CC23CCNCC3)CC1)Nc1ccccc1. The van der Waals surface area contributed by atoms with Crippen LogP contribution >= 0.6 is 24.8 Å². The Labute approximate surface area is 179 Å². The number of amides is 2. The highest BCUT2D eigenvalue weighted by molar-refractivity contribution is 5.92. The van der Waals surface area contributed by atoms with E-state index in [9.17, 15) is 9.59 Å². The van der Waals surface area contributed by atoms with E-state index in [1.165, 1.54) is 0 Å². The fourth-order valence-electron chi connectivity index (χ4n) is 4.45. The maximum atomic E-state index is 12.8. The lowest BCUT2D eigenvalue weighted by Crippen LogP contribution is -2.51. The first kappa shape index (κ1) is 22.9. The smallest absolute Gasteiger partial charge is 0.238 e. The van der Waals surface area contributed by atoms with Crippen molar-refractivity contribution in [3.05, 3.63) is 30.3 Å². The zero-order valence-electron chi connectivity index (χ0n) is 16.1. The minimum absolute atomic E-state index is 0. The van der Waals surface area contributed by atoms with E-state index in [2.05, 4.69) is 15.5 Å². The maximum absolute atomic E-state index is 12.8. The summed E-state index contributed by atoms with van der Waals surface area (Å²) in [7, 11) is 0. The minimum atomic E-state index is 0. The lowest BCUT2D eigenvalue weighted by atomic mass is 9.91. The molecule has 1 aromatic carbocycles. The van der Waals surface area contributed by atoms with Crippen molar-refractivity contribution in [1.29, 1.82) is 0 Å². The van der Waals surface area contributed by atoms with Crippen molar-refractivity contribution in [2.75, 3.05) is 51.1 Å². The fraction of sp³-hybridized carbons (Fsp3) is 0.600. The molecule has 1 unspecified atom stereocenters. The van der Waals surface area contributed by atoms with Crippen LogP contribution in [0.1, 0.15) is 19.3 Å². The van der Waals surface area contributed by atoms with Crippen molar-refractivity contribution in [2.45, 2.75) is 19.3 Å². The summed E-state index contributed by atoms with van der Waals surface area (Å²) in [5, 5.41) is 6.31. The first-order valence-electron chi connectivity index (χ1n) is 9.73. The van der Waals surface area contributed by atoms with Crippen molar-refractivity contribution >= 4 is 42.3 Å². The van der Waals surface area contributed by atoms with Crippen LogP contribution < -0.4 is 10.6 Å². The Balaban J connectivity index is 0.00000140. The molecule has 6 nitrogen and oxygen atoms in total. The summed E-state index contributed by atoms with van der Waals surface area (Å²) in [6.45, 7) is 5.51. The number of piperazine rings is 1. The van der Waals surface area contributed by atoms with Gasteiger partial charge in [0.1, 0.15) is 0 Å². The number of piperidine rings is 1. The summed E-state index contributed by atoms with van der Waals surface area (Å²) in [5.74, 6) is 0.602. The molecule has 8 heteroatoms. The monoisotopic (exact) mass is 428 g/mol. The number of benzene rings is 1. The quantitative estimate of drug-likeness (QED) is 0.769. The zero-order valence-corrected chi connectivity index (χ0v) is 17.7. The van der Waals surface area contributed by atoms with Crippen LogP contribution in [0.25, 0.3) is 0 Å². The van der Waals surface area contributed by atoms with Gasteiger partial charge >= 0.3 is 0 Å². The molecule has 0 radical (unpaired) electrons. The molecular formula is C20H30Cl2N4O2. The highest BCUT2D eigenvalue weighted by Gasteiger charge is 2.58. The Morgan fingerprint density at radius 2 is 1.68 bits per heavy atom. The topological polar surface area (TPSA) is 64.7 Å². The van der Waals surface area contributed by atoms with E-state index in [1.54, 1.807) is 0 Å². The Morgan fingerprint density at radius 1 is 1.04 bits per heavy atom. The van der Waals surface area contributed by atoms with Gasteiger partial charge < -0.3 is 15.5 Å². The predicted octanol–water partition coefficient (Wildman–Crippen LogP) is 2.00. The van der Waals surface area contributed by atoms with Crippen molar-refractivity contribution in [1.82, 2.24) is 15.1 Å². The zero-order chi connectivity index (χ0) is 18.0. The van der Waals surface area contributed by atoms with Crippen LogP contribution in [0.3, 0.4) is 0 Å². The van der Waals surface area contributed by atoms with E-state index in [4.69, 9.17) is 0 Å². The summed E-state index contributed by atoms with van der Waals surface area (Å²) in [6, 6.07) is 9.53. The van der Waals surface area contributed by atoms with Crippen molar-refractivity contribution < 1.29 is 9.59 Å². The highest BCUT2D eigenvalue weighted by atomic mass is 35.5. The van der Waals surface area contributed by atoms with Crippen LogP contribution in [0, 0.1) is 11.3 Å². The number of carbonyl (C=O) groups is 2. The second-order valence-electron chi connectivity index (χ2n) is 7.88. The van der Waals surface area contributed by atoms with Crippen molar-refractivity contribution in [3.63, 3.8) is 0 Å². The molecule has 2 saturated heterocycles. The molecule has 156 valence electrons. The second-order valence-corrected chi connectivity index (χ2v) is 7.88. The predicted molar refractivity (Wildman–Crippen MR) is 115 cm³/mol. The van der Waals surface area contributed by atoms with Gasteiger partial charge in [-0.3, -0.25) is 14.5 Å². The van der Waals surface area contributed by atoms with Gasteiger partial charge in [-0.1, -0.05) is 18.2 Å². The van der Waals surface area contributed by atoms with Gasteiger partial charge in [0.2, 0.25) is 11.8 Å². The van der Waals surface area contributed by atoms with Gasteiger partial charge in [-0.2, -0.15) is 0 Å². The summed E-state index contributed by atoms with van der Waals surface area (Å²) < 4.78 is 0. The molecule has 1 aromatic rings. The fourth-order valence-corrected chi connectivity index (χ4v) is 4.45. The third-order valence-electron chi connectivity index (χ3n) is 6.20. The number of hydrogen-bond acceptors (Lipinski definition) is 4. The Bertz CT molecular complexity index is 659. The van der Waals surface area contributed by atoms with Gasteiger partial charge in [-0.15, -0.1) is 24.8 Å². The van der Waals surface area contributed by atoms with Crippen LogP contribution in [-0.4, -0.2) is 67.4 Å². The first-order chi connectivity index (χ1) is 12.7. The maximum Gasteiger partial charge on any atom is 0.238 e. The van der Waals surface area contributed by atoms with Gasteiger partial charge in [-0.05, 0) is 49.9 Å². The molecular weight excluding hydrogens is 399 g/mol. The van der Waals surface area contributed by atoms with Gasteiger partial charge in [0.15, 0.2) is 0 Å². The Kier molecular flexibility index (Phi) is 8.13. The molecule has 1 aliphatic carbocycles. The van der Waals surface area contributed by atoms with Gasteiger partial charge in [0.05, 0.1) is 6.54 Å². The summed E-state index contributed by atoms with van der Waals surface area (Å²) >= 11 is 0. The standard InChI is InChI=1S/C20H28N4O2.2ClH/c25-18(22-16-4-2-1-3-5-16)15-23-10-12-24(13-11-23)19(26)17-14-20(17)6-8-21-9-7-20;;/h1-5,17,21H,6-15H2,(H,22,25);2*1H. The highest BCUT2D eigenvalue weighted by Crippen LogP contribution is 2.59. The number of anilines is 1. The van der Waals surface area contributed by atoms with E-state index < -0.39 is 0 Å². The molecule has 3 aliphatic rings. The summed E-state index contributed by atoms with van der Waals surface area (Å²) in [6.07, 6.45) is 3.36. The lowest BCUT2D eigenvalue weighted by molar-refractivity contribution is -0.135. The number of nitrogens with one attached hydrogen (secondary N) is 2. The molecule has 3 fully saturated rings. The largest absolute Gasteiger partial charge is 0.340 e. The Morgan fingerprint density at radius 3 is 2.32 bits per heavy atom. The lowest BCUT2D eigenvalue weighted by Gasteiger charge is -2.35. The van der Waals surface area contributed by atoms with Crippen LogP contribution in [0.4, 0.5) is 5.69 Å². The number of carbonyl (C=O) groups excluding carboxylic acids is 2. The molecule has 2 amide bonds. The number of halogens is 2. The van der Waals surface area contributed by atoms with Gasteiger partial charge in [-0.25, -0.2) is 0 Å². The van der Waals surface area contributed by atoms with Crippen LogP contribution in [0.5, 0.6) is 0 Å². The second kappa shape index (κ2) is 9.92. The molecule has 4 rings (SSSR count). The van der Waals surface area contributed by atoms with E-state index in [0.717, 1.165) is 64.2 Å². The average Bonchev–Trinajstić information content (AvgIpc) is 3.36. The molecule has 2 heterocycles. The normalized spacial score (nSPS) is 23.3. The molecule has 2 aliphatic heterocycles. The van der Waals surface area contributed by atoms with Crippen LogP contribution in [0.2, 0.25) is 0 Å². The minimum Gasteiger partial charge on any atom is -0.340 e. The van der Waals surface area contributed by atoms with E-state index in [0.29, 0.717) is 17.9 Å². The van der Waals surface area contributed by atoms with E-state index in [-0.39, 0.29) is 36.6 Å². The molecule has 0 aromatic heterocycles. The first-order valence-corrected chi connectivity index (χ1v) is 9.73. The van der Waals surface area contributed by atoms with Crippen LogP contribution in [0.15, 0.2) is 30.3 Å². The summed E-state index contributed by atoms with van der Waals surface area (Å²) in [5.41, 5.74) is 1.13. The average molecular weight is 429 g/mol. The van der Waals surface area contributed by atoms with Crippen LogP contribution in [-0.2, 0) is 9.59 Å². The third kappa shape index (κ3) is 5.17. The molecule has 0 bridgehead atoms. The van der Waals surface area contributed by atoms with Gasteiger partial charge in [0.25, 0.3) is 0 Å².